The Bertz CT molecular complexity index is 736. The van der Waals surface area contributed by atoms with E-state index in [1.165, 1.54) is 0 Å². The van der Waals surface area contributed by atoms with Crippen LogP contribution in [0, 0.1) is 5.92 Å². The van der Waals surface area contributed by atoms with Gasteiger partial charge in [0.2, 0.25) is 0 Å². The van der Waals surface area contributed by atoms with Crippen molar-refractivity contribution in [2.45, 2.75) is 62.9 Å². The number of carboxylic acids is 1. The van der Waals surface area contributed by atoms with Crippen molar-refractivity contribution in [2.75, 3.05) is 13.2 Å². The summed E-state index contributed by atoms with van der Waals surface area (Å²) >= 11 is 0. The van der Waals surface area contributed by atoms with E-state index in [4.69, 9.17) is 14.6 Å². The van der Waals surface area contributed by atoms with Crippen LogP contribution in [-0.4, -0.2) is 36.4 Å². The Hall–Kier alpha value is -2.44. The summed E-state index contributed by atoms with van der Waals surface area (Å²) in [5.41, 5.74) is 0.664. The number of hydrogen-bond acceptors (Lipinski definition) is 4. The summed E-state index contributed by atoms with van der Waals surface area (Å²) in [4.78, 5) is 23.9. The van der Waals surface area contributed by atoms with E-state index in [1.807, 2.05) is 18.2 Å². The molecule has 3 aliphatic rings. The van der Waals surface area contributed by atoms with Gasteiger partial charge in [0.05, 0.1) is 11.5 Å². The minimum Gasteiger partial charge on any atom is -0.486 e. The van der Waals surface area contributed by atoms with Gasteiger partial charge in [0.15, 0.2) is 11.5 Å². The molecular weight excluding hydrogens is 360 g/mol. The number of aliphatic carboxylic acids is 1. The molecule has 1 aliphatic heterocycles. The molecule has 0 bridgehead atoms. The van der Waals surface area contributed by atoms with E-state index in [0.29, 0.717) is 38.9 Å². The molecule has 2 saturated carbocycles. The Labute approximate surface area is 164 Å². The molecule has 0 radical (unpaired) electrons. The normalized spacial score (nSPS) is 25.7. The number of nitrogens with one attached hydrogen (secondary N) is 2. The lowest BCUT2D eigenvalue weighted by atomic mass is 9.86. The van der Waals surface area contributed by atoms with E-state index in [1.54, 1.807) is 0 Å². The van der Waals surface area contributed by atoms with Crippen molar-refractivity contribution in [3.05, 3.63) is 23.8 Å². The number of amides is 2. The van der Waals surface area contributed by atoms with Crippen molar-refractivity contribution in [2.24, 2.45) is 5.92 Å². The van der Waals surface area contributed by atoms with Crippen LogP contribution in [0.3, 0.4) is 0 Å². The van der Waals surface area contributed by atoms with Crippen LogP contribution >= 0.6 is 0 Å². The zero-order chi connectivity index (χ0) is 19.6. The molecule has 7 nitrogen and oxygen atoms in total. The Morgan fingerprint density at radius 2 is 1.68 bits per heavy atom. The number of hydrogen-bond donors (Lipinski definition) is 3. The minimum atomic E-state index is -0.730. The molecule has 4 rings (SSSR count). The van der Waals surface area contributed by atoms with Crippen LogP contribution in [0.5, 0.6) is 11.5 Å². The number of carbonyl (C=O) groups excluding carboxylic acids is 1. The lowest BCUT2D eigenvalue weighted by molar-refractivity contribution is -0.142. The van der Waals surface area contributed by atoms with Crippen LogP contribution in [-0.2, 0) is 10.3 Å². The topological polar surface area (TPSA) is 96.9 Å². The molecule has 2 fully saturated rings. The largest absolute Gasteiger partial charge is 0.486 e. The monoisotopic (exact) mass is 388 g/mol. The summed E-state index contributed by atoms with van der Waals surface area (Å²) in [6.45, 7) is 1.10. The van der Waals surface area contributed by atoms with Gasteiger partial charge in [-0.05, 0) is 56.2 Å². The van der Waals surface area contributed by atoms with Gasteiger partial charge in [0.25, 0.3) is 0 Å². The van der Waals surface area contributed by atoms with Crippen molar-refractivity contribution >= 4 is 12.0 Å². The summed E-state index contributed by atoms with van der Waals surface area (Å²) in [5, 5.41) is 15.4. The summed E-state index contributed by atoms with van der Waals surface area (Å²) in [6, 6.07) is 5.82. The van der Waals surface area contributed by atoms with Crippen LogP contribution in [0.2, 0.25) is 0 Å². The second kappa shape index (κ2) is 7.89. The first-order valence-corrected chi connectivity index (χ1v) is 10.3. The first-order chi connectivity index (χ1) is 13.6. The van der Waals surface area contributed by atoms with E-state index >= 15 is 0 Å². The maximum absolute atomic E-state index is 12.8. The number of benzene rings is 1. The van der Waals surface area contributed by atoms with Gasteiger partial charge in [-0.2, -0.15) is 0 Å². The van der Waals surface area contributed by atoms with Crippen molar-refractivity contribution < 1.29 is 24.2 Å². The fraction of sp³-hybridized carbons (Fsp3) is 0.619. The van der Waals surface area contributed by atoms with Crippen LogP contribution in [0.4, 0.5) is 4.79 Å². The van der Waals surface area contributed by atoms with Crippen molar-refractivity contribution in [1.82, 2.24) is 10.6 Å². The van der Waals surface area contributed by atoms with Crippen LogP contribution in [0.15, 0.2) is 18.2 Å². The predicted octanol–water partition coefficient (Wildman–Crippen LogP) is 3.17. The highest BCUT2D eigenvalue weighted by molar-refractivity contribution is 5.76. The van der Waals surface area contributed by atoms with Gasteiger partial charge in [0.1, 0.15) is 13.2 Å². The summed E-state index contributed by atoms with van der Waals surface area (Å²) in [6.07, 6.45) is 6.58. The second-order valence-corrected chi connectivity index (χ2v) is 8.13. The van der Waals surface area contributed by atoms with E-state index in [0.717, 1.165) is 42.7 Å². The van der Waals surface area contributed by atoms with Gasteiger partial charge >= 0.3 is 12.0 Å². The highest BCUT2D eigenvalue weighted by atomic mass is 16.6. The standard InChI is InChI=1S/C21H28N2O5/c24-19(25)14-3-6-16(7-4-14)22-20(26)23-21(9-1-2-10-21)15-5-8-17-18(13-15)28-12-11-27-17/h5,8,13-14,16H,1-4,6-7,9-12H2,(H,24,25)(H2,22,23,26). The minimum absolute atomic E-state index is 0.0364. The Kier molecular flexibility index (Phi) is 5.33. The highest BCUT2D eigenvalue weighted by Gasteiger charge is 2.38. The number of carbonyl (C=O) groups is 2. The first-order valence-electron chi connectivity index (χ1n) is 10.3. The molecule has 152 valence electrons. The molecule has 2 amide bonds. The number of carboxylic acid groups (broad SMARTS) is 1. The molecule has 0 spiro atoms. The fourth-order valence-electron chi connectivity index (χ4n) is 4.73. The van der Waals surface area contributed by atoms with E-state index < -0.39 is 11.5 Å². The number of ether oxygens (including phenoxy) is 2. The average molecular weight is 388 g/mol. The van der Waals surface area contributed by atoms with Crippen molar-refractivity contribution in [1.29, 1.82) is 0 Å². The molecule has 0 atom stereocenters. The zero-order valence-electron chi connectivity index (χ0n) is 16.0. The first kappa shape index (κ1) is 18.9. The van der Waals surface area contributed by atoms with Gasteiger partial charge in [-0.25, -0.2) is 4.79 Å². The number of urea groups is 1. The molecule has 7 heteroatoms. The summed E-state index contributed by atoms with van der Waals surface area (Å²) < 4.78 is 11.3. The van der Waals surface area contributed by atoms with Gasteiger partial charge in [-0.15, -0.1) is 0 Å². The maximum Gasteiger partial charge on any atom is 0.315 e. The van der Waals surface area contributed by atoms with Crippen molar-refractivity contribution in [3.63, 3.8) is 0 Å². The molecule has 1 aromatic carbocycles. The molecule has 28 heavy (non-hydrogen) atoms. The molecule has 0 saturated heterocycles. The van der Waals surface area contributed by atoms with Crippen LogP contribution < -0.4 is 20.1 Å². The zero-order valence-corrected chi connectivity index (χ0v) is 16.0. The van der Waals surface area contributed by atoms with E-state index in [9.17, 15) is 9.59 Å². The molecule has 1 aromatic rings. The molecule has 3 N–H and O–H groups in total. The summed E-state index contributed by atoms with van der Waals surface area (Å²) in [7, 11) is 0. The van der Waals surface area contributed by atoms with Gasteiger partial charge in [-0.3, -0.25) is 4.79 Å². The smallest absolute Gasteiger partial charge is 0.315 e. The van der Waals surface area contributed by atoms with Gasteiger partial charge < -0.3 is 25.2 Å². The molecule has 0 unspecified atom stereocenters. The Morgan fingerprint density at radius 1 is 1.00 bits per heavy atom. The SMILES string of the molecule is O=C(NC1CCC(C(=O)O)CC1)NC1(c2ccc3c(c2)OCCO3)CCCC1. The van der Waals surface area contributed by atoms with Gasteiger partial charge in [0, 0.05) is 6.04 Å². The van der Waals surface area contributed by atoms with Gasteiger partial charge in [-0.1, -0.05) is 18.9 Å². The van der Waals surface area contributed by atoms with E-state index in [-0.39, 0.29) is 18.0 Å². The molecule has 2 aliphatic carbocycles. The third-order valence-corrected chi connectivity index (χ3v) is 6.32. The third-order valence-electron chi connectivity index (χ3n) is 6.32. The van der Waals surface area contributed by atoms with Crippen LogP contribution in [0.1, 0.15) is 56.9 Å². The number of fused-ring (bicyclic) bond motifs is 1. The lowest BCUT2D eigenvalue weighted by Gasteiger charge is -2.34. The van der Waals surface area contributed by atoms with E-state index in [2.05, 4.69) is 10.6 Å². The second-order valence-electron chi connectivity index (χ2n) is 8.13. The average Bonchev–Trinajstić information content (AvgIpc) is 3.17. The maximum atomic E-state index is 12.8. The number of rotatable bonds is 4. The molecule has 1 heterocycles. The quantitative estimate of drug-likeness (QED) is 0.736. The predicted molar refractivity (Wildman–Crippen MR) is 103 cm³/mol. The van der Waals surface area contributed by atoms with Crippen LogP contribution in [0.25, 0.3) is 0 Å². The van der Waals surface area contributed by atoms with Crippen molar-refractivity contribution in [3.8, 4) is 11.5 Å². The summed E-state index contributed by atoms with van der Waals surface area (Å²) in [5.74, 6) is 0.485. The Morgan fingerprint density at radius 3 is 2.36 bits per heavy atom. The molecular formula is C21H28N2O5. The lowest BCUT2D eigenvalue weighted by Crippen LogP contribution is -2.51. The third kappa shape index (κ3) is 3.88. The highest BCUT2D eigenvalue weighted by Crippen LogP contribution is 2.42. The fourth-order valence-corrected chi connectivity index (χ4v) is 4.73. The Balaban J connectivity index is 1.42. The molecule has 0 aromatic heterocycles.